The minimum absolute atomic E-state index is 0.0853. The van der Waals surface area contributed by atoms with E-state index in [1.54, 1.807) is 43.3 Å². The van der Waals surface area contributed by atoms with Gasteiger partial charge in [0.2, 0.25) is 11.8 Å². The van der Waals surface area contributed by atoms with Crippen LogP contribution >= 0.6 is 0 Å². The van der Waals surface area contributed by atoms with Gasteiger partial charge in [0.1, 0.15) is 11.7 Å². The summed E-state index contributed by atoms with van der Waals surface area (Å²) in [6.45, 7) is 1.59. The van der Waals surface area contributed by atoms with Crippen molar-refractivity contribution < 1.29 is 19.2 Å². The van der Waals surface area contributed by atoms with Crippen molar-refractivity contribution in [1.29, 1.82) is 0 Å². The average Bonchev–Trinajstić information content (AvgIpc) is 2.88. The number of carbonyl (C=O) groups is 4. The van der Waals surface area contributed by atoms with Gasteiger partial charge in [-0.1, -0.05) is 73.5 Å². The van der Waals surface area contributed by atoms with E-state index in [0.29, 0.717) is 29.8 Å². The maximum atomic E-state index is 13.3. The minimum atomic E-state index is -0.986. The van der Waals surface area contributed by atoms with Crippen LogP contribution in [0.25, 0.3) is 0 Å². The summed E-state index contributed by atoms with van der Waals surface area (Å²) < 4.78 is 0. The largest absolute Gasteiger partial charge is 0.326 e. The second-order valence-electron chi connectivity index (χ2n) is 9.20. The first-order valence-corrected chi connectivity index (χ1v) is 12.7. The molecule has 0 saturated carbocycles. The number of Topliss-reactive ketones (excluding diaryl/α,β-unsaturated/α-hetero) is 2. The van der Waals surface area contributed by atoms with Crippen molar-refractivity contribution in [2.45, 2.75) is 57.8 Å². The lowest BCUT2D eigenvalue weighted by Gasteiger charge is -2.17. The Morgan fingerprint density at radius 1 is 0.649 bits per heavy atom. The molecule has 1 unspecified atom stereocenters. The Bertz CT molecular complexity index is 1120. The van der Waals surface area contributed by atoms with Crippen molar-refractivity contribution in [3.8, 4) is 0 Å². The number of hydrogen-bond donors (Lipinski definition) is 2. The van der Waals surface area contributed by atoms with Gasteiger partial charge in [-0.15, -0.1) is 0 Å². The number of amides is 2. The fraction of sp³-hybridized carbons (Fsp3) is 0.290. The molecule has 1 atom stereocenters. The van der Waals surface area contributed by atoms with Crippen molar-refractivity contribution in [2.24, 2.45) is 0 Å². The number of nitrogens with one attached hydrogen (secondary N) is 2. The molecule has 6 heteroatoms. The molecular formula is C31H34N2O4. The molecule has 0 spiro atoms. The first-order chi connectivity index (χ1) is 17.9. The lowest BCUT2D eigenvalue weighted by atomic mass is 9.90. The van der Waals surface area contributed by atoms with Crippen LogP contribution in [0.15, 0.2) is 84.9 Å². The number of benzene rings is 3. The van der Waals surface area contributed by atoms with Crippen molar-refractivity contribution in [1.82, 2.24) is 0 Å². The van der Waals surface area contributed by atoms with E-state index in [1.807, 2.05) is 48.5 Å². The summed E-state index contributed by atoms with van der Waals surface area (Å²) in [5, 5.41) is 5.73. The Balaban J connectivity index is 1.63. The molecule has 2 amide bonds. The highest BCUT2D eigenvalue weighted by Crippen LogP contribution is 2.24. The molecule has 0 saturated heterocycles. The fourth-order valence-corrected chi connectivity index (χ4v) is 4.11. The Kier molecular flexibility index (Phi) is 10.8. The highest BCUT2D eigenvalue weighted by Gasteiger charge is 2.28. The topological polar surface area (TPSA) is 92.3 Å². The summed E-state index contributed by atoms with van der Waals surface area (Å²) in [6.07, 6.45) is 4.60. The second-order valence-corrected chi connectivity index (χ2v) is 9.20. The van der Waals surface area contributed by atoms with Crippen LogP contribution in [0.5, 0.6) is 0 Å². The van der Waals surface area contributed by atoms with Gasteiger partial charge in [0.25, 0.3) is 0 Å². The van der Waals surface area contributed by atoms with Crippen LogP contribution in [0.1, 0.15) is 62.5 Å². The molecule has 0 aliphatic rings. The minimum Gasteiger partial charge on any atom is -0.326 e. The summed E-state index contributed by atoms with van der Waals surface area (Å²) >= 11 is 0. The van der Waals surface area contributed by atoms with Crippen LogP contribution < -0.4 is 10.6 Å². The summed E-state index contributed by atoms with van der Waals surface area (Å²) in [5.41, 5.74) is 2.64. The lowest BCUT2D eigenvalue weighted by molar-refractivity contribution is -0.127. The van der Waals surface area contributed by atoms with Gasteiger partial charge in [0.15, 0.2) is 5.78 Å². The standard InChI is InChI=1S/C31H34N2O4/c1-23(34)12-6-2-3-11-17-29(36)32-27-20-18-25(19-21-27)30(28(35)22-24-13-7-4-8-14-24)31(37)33-26-15-9-5-10-16-26/h4-5,7-10,13-16,18-21,30H,2-3,6,11-12,17,22H2,1H3,(H,32,36)(H,33,37). The molecule has 3 aromatic rings. The third kappa shape index (κ3) is 9.49. The van der Waals surface area contributed by atoms with E-state index in [4.69, 9.17) is 0 Å². The maximum Gasteiger partial charge on any atom is 0.239 e. The number of carbonyl (C=O) groups excluding carboxylic acids is 4. The van der Waals surface area contributed by atoms with Gasteiger partial charge in [-0.25, -0.2) is 0 Å². The zero-order valence-electron chi connectivity index (χ0n) is 21.2. The Hall–Kier alpha value is -4.06. The normalized spacial score (nSPS) is 11.4. The van der Waals surface area contributed by atoms with Crippen molar-refractivity contribution in [3.63, 3.8) is 0 Å². The van der Waals surface area contributed by atoms with Gasteiger partial charge in [-0.3, -0.25) is 14.4 Å². The zero-order valence-corrected chi connectivity index (χ0v) is 21.2. The van der Waals surface area contributed by atoms with E-state index in [0.717, 1.165) is 31.2 Å². The molecule has 6 nitrogen and oxygen atoms in total. The van der Waals surface area contributed by atoms with Crippen LogP contribution in [0.2, 0.25) is 0 Å². The molecule has 0 bridgehead atoms. The predicted molar refractivity (Wildman–Crippen MR) is 146 cm³/mol. The number of hydrogen-bond acceptors (Lipinski definition) is 4. The molecule has 0 radical (unpaired) electrons. The number of para-hydroxylation sites is 1. The van der Waals surface area contributed by atoms with E-state index in [2.05, 4.69) is 10.6 Å². The van der Waals surface area contributed by atoms with Gasteiger partial charge in [-0.05, 0) is 55.2 Å². The van der Waals surface area contributed by atoms with Crippen molar-refractivity contribution in [2.75, 3.05) is 10.6 Å². The van der Waals surface area contributed by atoms with Crippen molar-refractivity contribution in [3.05, 3.63) is 96.1 Å². The molecule has 0 fully saturated rings. The van der Waals surface area contributed by atoms with Gasteiger partial charge < -0.3 is 15.4 Å². The SMILES string of the molecule is CC(=O)CCCCCCC(=O)Nc1ccc(C(C(=O)Cc2ccccc2)C(=O)Nc2ccccc2)cc1. The Morgan fingerprint density at radius 3 is 1.84 bits per heavy atom. The number of unbranched alkanes of at least 4 members (excludes halogenated alkanes) is 3. The quantitative estimate of drug-likeness (QED) is 0.208. The Labute approximate surface area is 218 Å². The highest BCUT2D eigenvalue weighted by molar-refractivity contribution is 6.12. The van der Waals surface area contributed by atoms with Crippen LogP contribution in [-0.4, -0.2) is 23.4 Å². The van der Waals surface area contributed by atoms with Gasteiger partial charge in [0.05, 0.1) is 0 Å². The maximum absolute atomic E-state index is 13.3. The molecule has 3 aromatic carbocycles. The summed E-state index contributed by atoms with van der Waals surface area (Å²) in [7, 11) is 0. The van der Waals surface area contributed by atoms with E-state index < -0.39 is 11.8 Å². The van der Waals surface area contributed by atoms with E-state index >= 15 is 0 Å². The number of anilines is 2. The zero-order chi connectivity index (χ0) is 26.5. The van der Waals surface area contributed by atoms with Crippen LogP contribution in [-0.2, 0) is 25.6 Å². The molecule has 37 heavy (non-hydrogen) atoms. The predicted octanol–water partition coefficient (Wildman–Crippen LogP) is 6.09. The van der Waals surface area contributed by atoms with Gasteiger partial charge in [0, 0.05) is 30.6 Å². The van der Waals surface area contributed by atoms with E-state index in [-0.39, 0.29) is 23.9 Å². The third-order valence-corrected chi connectivity index (χ3v) is 6.06. The molecule has 0 aromatic heterocycles. The Morgan fingerprint density at radius 2 is 1.22 bits per heavy atom. The first-order valence-electron chi connectivity index (χ1n) is 12.7. The second kappa shape index (κ2) is 14.5. The smallest absolute Gasteiger partial charge is 0.239 e. The van der Waals surface area contributed by atoms with Crippen LogP contribution in [0.4, 0.5) is 11.4 Å². The van der Waals surface area contributed by atoms with Crippen LogP contribution in [0, 0.1) is 0 Å². The number of ketones is 2. The molecule has 192 valence electrons. The molecule has 2 N–H and O–H groups in total. The fourth-order valence-electron chi connectivity index (χ4n) is 4.11. The highest BCUT2D eigenvalue weighted by atomic mass is 16.2. The molecular weight excluding hydrogens is 464 g/mol. The third-order valence-electron chi connectivity index (χ3n) is 6.06. The first kappa shape index (κ1) is 27.5. The van der Waals surface area contributed by atoms with Gasteiger partial charge in [-0.2, -0.15) is 0 Å². The summed E-state index contributed by atoms with van der Waals surface area (Å²) in [5.74, 6) is -1.48. The van der Waals surface area contributed by atoms with E-state index in [1.165, 1.54) is 0 Å². The van der Waals surface area contributed by atoms with E-state index in [9.17, 15) is 19.2 Å². The average molecular weight is 499 g/mol. The molecule has 0 aliphatic carbocycles. The number of rotatable bonds is 14. The summed E-state index contributed by atoms with van der Waals surface area (Å²) in [6, 6.07) is 25.3. The molecule has 3 rings (SSSR count). The van der Waals surface area contributed by atoms with Crippen molar-refractivity contribution >= 4 is 34.8 Å². The van der Waals surface area contributed by atoms with Crippen LogP contribution in [0.3, 0.4) is 0 Å². The monoisotopic (exact) mass is 498 g/mol. The lowest BCUT2D eigenvalue weighted by Crippen LogP contribution is -2.29. The van der Waals surface area contributed by atoms with Gasteiger partial charge >= 0.3 is 0 Å². The molecule has 0 heterocycles. The molecule has 0 aliphatic heterocycles. The summed E-state index contributed by atoms with van der Waals surface area (Å²) in [4.78, 5) is 49.8.